The van der Waals surface area contributed by atoms with Gasteiger partial charge in [-0.15, -0.1) is 11.3 Å². The predicted molar refractivity (Wildman–Crippen MR) is 87.1 cm³/mol. The zero-order chi connectivity index (χ0) is 15.0. The third-order valence-corrected chi connectivity index (χ3v) is 6.08. The highest BCUT2D eigenvalue weighted by molar-refractivity contribution is 7.10. The van der Waals surface area contributed by atoms with Crippen LogP contribution in [0.15, 0.2) is 17.5 Å². The molecule has 21 heavy (non-hydrogen) atoms. The van der Waals surface area contributed by atoms with Gasteiger partial charge in [-0.25, -0.2) is 0 Å². The van der Waals surface area contributed by atoms with E-state index in [1.165, 1.54) is 17.7 Å². The Morgan fingerprint density at radius 2 is 2.19 bits per heavy atom. The SMILES string of the molecule is CCC1NC(c2cccs2)N(C2CCC(C)CC2C)C1=O. The molecule has 1 aromatic heterocycles. The lowest BCUT2D eigenvalue weighted by Crippen LogP contribution is -2.46. The number of rotatable bonds is 3. The molecular formula is C17H26N2OS. The van der Waals surface area contributed by atoms with Crippen molar-refractivity contribution in [3.05, 3.63) is 22.4 Å². The molecule has 2 heterocycles. The molecule has 1 aliphatic heterocycles. The molecule has 0 radical (unpaired) electrons. The molecule has 1 amide bonds. The lowest BCUT2D eigenvalue weighted by atomic mass is 9.79. The van der Waals surface area contributed by atoms with E-state index in [1.54, 1.807) is 11.3 Å². The van der Waals surface area contributed by atoms with E-state index in [9.17, 15) is 4.79 Å². The highest BCUT2D eigenvalue weighted by Gasteiger charge is 2.45. The molecule has 0 bridgehead atoms. The standard InChI is InChI=1S/C17H26N2OS/c1-4-13-17(20)19(14-8-7-11(2)10-12(14)3)16(18-13)15-6-5-9-21-15/h5-6,9,11-14,16,18H,4,7-8,10H2,1-3H3. The molecule has 3 nitrogen and oxygen atoms in total. The minimum Gasteiger partial charge on any atom is -0.317 e. The van der Waals surface area contributed by atoms with Crippen molar-refractivity contribution in [1.82, 2.24) is 10.2 Å². The molecule has 5 unspecified atom stereocenters. The van der Waals surface area contributed by atoms with Crippen molar-refractivity contribution in [2.45, 2.75) is 64.7 Å². The summed E-state index contributed by atoms with van der Waals surface area (Å²) in [6.07, 6.45) is 4.58. The largest absolute Gasteiger partial charge is 0.317 e. The molecular weight excluding hydrogens is 280 g/mol. The first kappa shape index (κ1) is 15.0. The van der Waals surface area contributed by atoms with Gasteiger partial charge in [0.2, 0.25) is 5.91 Å². The van der Waals surface area contributed by atoms with E-state index >= 15 is 0 Å². The molecule has 1 saturated heterocycles. The van der Waals surface area contributed by atoms with E-state index in [0.717, 1.165) is 18.8 Å². The van der Waals surface area contributed by atoms with Gasteiger partial charge in [-0.05, 0) is 49.0 Å². The number of amides is 1. The summed E-state index contributed by atoms with van der Waals surface area (Å²) in [5.74, 6) is 1.70. The first-order valence-electron chi connectivity index (χ1n) is 8.23. The maximum Gasteiger partial charge on any atom is 0.241 e. The molecule has 1 N–H and O–H groups in total. The number of thiophene rings is 1. The van der Waals surface area contributed by atoms with Gasteiger partial charge in [0.1, 0.15) is 6.17 Å². The van der Waals surface area contributed by atoms with Crippen LogP contribution in [-0.4, -0.2) is 22.9 Å². The van der Waals surface area contributed by atoms with Crippen LogP contribution in [-0.2, 0) is 4.79 Å². The Hall–Kier alpha value is -0.870. The molecule has 0 spiro atoms. The summed E-state index contributed by atoms with van der Waals surface area (Å²) in [6, 6.07) is 4.61. The predicted octanol–water partition coefficient (Wildman–Crippen LogP) is 3.78. The minimum absolute atomic E-state index is 0.0105. The normalized spacial score (nSPS) is 37.2. The van der Waals surface area contributed by atoms with E-state index < -0.39 is 0 Å². The third-order valence-electron chi connectivity index (χ3n) is 5.15. The highest BCUT2D eigenvalue weighted by atomic mass is 32.1. The maximum atomic E-state index is 12.8. The Labute approximate surface area is 131 Å². The number of nitrogens with zero attached hydrogens (tertiary/aromatic N) is 1. The monoisotopic (exact) mass is 306 g/mol. The Kier molecular flexibility index (Phi) is 4.36. The molecule has 116 valence electrons. The zero-order valence-electron chi connectivity index (χ0n) is 13.2. The summed E-state index contributed by atoms with van der Waals surface area (Å²) in [4.78, 5) is 16.3. The highest BCUT2D eigenvalue weighted by Crippen LogP contribution is 2.39. The number of nitrogens with one attached hydrogen (secondary N) is 1. The van der Waals surface area contributed by atoms with Gasteiger partial charge in [0.15, 0.2) is 0 Å². The second-order valence-electron chi connectivity index (χ2n) is 6.75. The third kappa shape index (κ3) is 2.76. The van der Waals surface area contributed by atoms with Crippen LogP contribution in [0.1, 0.15) is 57.5 Å². The Bertz CT molecular complexity index is 487. The van der Waals surface area contributed by atoms with Gasteiger partial charge in [-0.1, -0.05) is 26.8 Å². The van der Waals surface area contributed by atoms with E-state index in [0.29, 0.717) is 17.9 Å². The van der Waals surface area contributed by atoms with Crippen molar-refractivity contribution in [1.29, 1.82) is 0 Å². The fraction of sp³-hybridized carbons (Fsp3) is 0.706. The van der Waals surface area contributed by atoms with Crippen molar-refractivity contribution < 1.29 is 4.79 Å². The number of hydrogen-bond donors (Lipinski definition) is 1. The van der Waals surface area contributed by atoms with Crippen molar-refractivity contribution in [3.8, 4) is 0 Å². The fourth-order valence-corrected chi connectivity index (χ4v) is 4.81. The molecule has 1 saturated carbocycles. The van der Waals surface area contributed by atoms with Gasteiger partial charge in [-0.3, -0.25) is 10.1 Å². The topological polar surface area (TPSA) is 32.3 Å². The van der Waals surface area contributed by atoms with E-state index in [-0.39, 0.29) is 12.2 Å². The number of carbonyl (C=O) groups excluding carboxylic acids is 1. The first-order chi connectivity index (χ1) is 10.1. The molecule has 4 heteroatoms. The fourth-order valence-electron chi connectivity index (χ4n) is 4.03. The molecule has 1 aliphatic carbocycles. The average Bonchev–Trinajstić information content (AvgIpc) is 3.07. The van der Waals surface area contributed by atoms with Gasteiger partial charge in [0, 0.05) is 10.9 Å². The zero-order valence-corrected chi connectivity index (χ0v) is 14.0. The minimum atomic E-state index is -0.0105. The first-order valence-corrected chi connectivity index (χ1v) is 9.11. The second-order valence-corrected chi connectivity index (χ2v) is 7.73. The quantitative estimate of drug-likeness (QED) is 0.921. The summed E-state index contributed by atoms with van der Waals surface area (Å²) in [7, 11) is 0. The summed E-state index contributed by atoms with van der Waals surface area (Å²) in [6.45, 7) is 6.75. The van der Waals surface area contributed by atoms with Crippen LogP contribution in [0.25, 0.3) is 0 Å². The smallest absolute Gasteiger partial charge is 0.241 e. The molecule has 1 aromatic rings. The van der Waals surface area contributed by atoms with Gasteiger partial charge in [-0.2, -0.15) is 0 Å². The second kappa shape index (κ2) is 6.09. The Balaban J connectivity index is 1.87. The summed E-state index contributed by atoms with van der Waals surface area (Å²) >= 11 is 1.75. The lowest BCUT2D eigenvalue weighted by Gasteiger charge is -2.41. The van der Waals surface area contributed by atoms with Crippen LogP contribution < -0.4 is 5.32 Å². The number of carbonyl (C=O) groups is 1. The van der Waals surface area contributed by atoms with Crippen LogP contribution in [0.3, 0.4) is 0 Å². The van der Waals surface area contributed by atoms with Crippen molar-refractivity contribution in [3.63, 3.8) is 0 Å². The van der Waals surface area contributed by atoms with E-state index in [4.69, 9.17) is 0 Å². The molecule has 5 atom stereocenters. The molecule has 0 aromatic carbocycles. The summed E-state index contributed by atoms with van der Waals surface area (Å²) < 4.78 is 0. The van der Waals surface area contributed by atoms with Gasteiger partial charge < -0.3 is 4.90 Å². The van der Waals surface area contributed by atoms with Gasteiger partial charge >= 0.3 is 0 Å². The van der Waals surface area contributed by atoms with Crippen LogP contribution in [0, 0.1) is 11.8 Å². The number of hydrogen-bond acceptors (Lipinski definition) is 3. The Morgan fingerprint density at radius 3 is 2.81 bits per heavy atom. The molecule has 2 fully saturated rings. The van der Waals surface area contributed by atoms with E-state index in [2.05, 4.69) is 48.5 Å². The summed E-state index contributed by atoms with van der Waals surface area (Å²) in [5.41, 5.74) is 0. The van der Waals surface area contributed by atoms with Crippen molar-refractivity contribution in [2.75, 3.05) is 0 Å². The average molecular weight is 306 g/mol. The van der Waals surface area contributed by atoms with Crippen molar-refractivity contribution in [2.24, 2.45) is 11.8 Å². The van der Waals surface area contributed by atoms with Crippen LogP contribution in [0.4, 0.5) is 0 Å². The van der Waals surface area contributed by atoms with Crippen LogP contribution in [0.5, 0.6) is 0 Å². The van der Waals surface area contributed by atoms with Gasteiger partial charge in [0.25, 0.3) is 0 Å². The van der Waals surface area contributed by atoms with E-state index in [1.807, 2.05) is 0 Å². The summed E-state index contributed by atoms with van der Waals surface area (Å²) in [5, 5.41) is 5.66. The maximum absolute atomic E-state index is 12.8. The van der Waals surface area contributed by atoms with Crippen LogP contribution >= 0.6 is 11.3 Å². The van der Waals surface area contributed by atoms with Crippen molar-refractivity contribution >= 4 is 17.2 Å². The van der Waals surface area contributed by atoms with Gasteiger partial charge in [0.05, 0.1) is 6.04 Å². The molecule has 3 rings (SSSR count). The lowest BCUT2D eigenvalue weighted by molar-refractivity contribution is -0.134. The molecule has 2 aliphatic rings. The Morgan fingerprint density at radius 1 is 1.38 bits per heavy atom. The van der Waals surface area contributed by atoms with Crippen LogP contribution in [0.2, 0.25) is 0 Å².